The van der Waals surface area contributed by atoms with Crippen molar-refractivity contribution in [2.45, 2.75) is 4.90 Å². The summed E-state index contributed by atoms with van der Waals surface area (Å²) < 4.78 is 22.7. The average molecular weight is 230 g/mol. The summed E-state index contributed by atoms with van der Waals surface area (Å²) in [5.41, 5.74) is 0.837. The summed E-state index contributed by atoms with van der Waals surface area (Å²) in [4.78, 5) is 0.189. The van der Waals surface area contributed by atoms with E-state index in [1.54, 1.807) is 0 Å². The Hall–Kier alpha value is -0.460. The van der Waals surface area contributed by atoms with Crippen LogP contribution in [-0.4, -0.2) is 18.5 Å². The van der Waals surface area contributed by atoms with Crippen LogP contribution in [0.1, 0.15) is 0 Å². The molecule has 1 unspecified atom stereocenters. The molecule has 6 heteroatoms. The Morgan fingerprint density at radius 3 is 2.47 bits per heavy atom. The fourth-order valence-corrected chi connectivity index (χ4v) is 1.43. The summed E-state index contributed by atoms with van der Waals surface area (Å²) in [6, 6.07) is 9.32. The van der Waals surface area contributed by atoms with Crippen LogP contribution in [0.15, 0.2) is 47.6 Å². The zero-order chi connectivity index (χ0) is 9.97. The second-order valence-electron chi connectivity index (χ2n) is 2.69. The minimum absolute atomic E-state index is 0. The Balaban J connectivity index is 0.00000112. The first kappa shape index (κ1) is 12.6. The molecule has 0 aliphatic heterocycles. The molecule has 0 aliphatic rings. The molecule has 0 aliphatic carbocycles. The second-order valence-corrected chi connectivity index (χ2v) is 3.63. The Bertz CT molecular complexity index is 458. The van der Waals surface area contributed by atoms with Gasteiger partial charge < -0.3 is 4.55 Å². The van der Waals surface area contributed by atoms with Gasteiger partial charge in [-0.15, -0.1) is 0 Å². The van der Waals surface area contributed by atoms with E-state index >= 15 is 0 Å². The summed E-state index contributed by atoms with van der Waals surface area (Å²) >= 11 is -2.22. The first-order valence-electron chi connectivity index (χ1n) is 3.97. The molecule has 2 aromatic rings. The van der Waals surface area contributed by atoms with Crippen LogP contribution >= 0.6 is 0 Å². The van der Waals surface area contributed by atoms with Crippen LogP contribution in [-0.2, 0) is 11.1 Å². The van der Waals surface area contributed by atoms with Crippen LogP contribution in [0.2, 0.25) is 0 Å². The van der Waals surface area contributed by atoms with Gasteiger partial charge in [-0.1, -0.05) is 18.2 Å². The Kier molecular flexibility index (Phi) is 4.69. The summed E-state index contributed by atoms with van der Waals surface area (Å²) in [6.45, 7) is 0. The molecule has 72 valence electrons. The molecule has 0 fully saturated rings. The molecule has 0 saturated heterocycles. The van der Waals surface area contributed by atoms with Gasteiger partial charge in [-0.3, -0.25) is 4.21 Å². The van der Waals surface area contributed by atoms with Crippen molar-refractivity contribution in [1.82, 2.24) is 9.78 Å². The van der Waals surface area contributed by atoms with Crippen molar-refractivity contribution in [1.29, 1.82) is 0 Å². The van der Waals surface area contributed by atoms with E-state index in [1.165, 1.54) is 17.1 Å². The maximum absolute atomic E-state index is 10.6. The molecule has 0 spiro atoms. The van der Waals surface area contributed by atoms with Gasteiger partial charge in [0.2, 0.25) is 0 Å². The molecule has 2 rings (SSSR count). The molecule has 1 atom stereocenters. The van der Waals surface area contributed by atoms with Crippen molar-refractivity contribution in [2.75, 3.05) is 0 Å². The fourth-order valence-electron chi connectivity index (χ4n) is 1.11. The SMILES string of the molecule is O=S([O-])c1cnn(-c2ccccc2)c1.[Na+]. The number of hydrogen-bond acceptors (Lipinski definition) is 3. The van der Waals surface area contributed by atoms with E-state index in [0.717, 1.165) is 5.69 Å². The molecular weight excluding hydrogens is 223 g/mol. The van der Waals surface area contributed by atoms with Gasteiger partial charge in [-0.2, -0.15) is 5.10 Å². The van der Waals surface area contributed by atoms with Gasteiger partial charge >= 0.3 is 29.6 Å². The van der Waals surface area contributed by atoms with Gasteiger partial charge in [0.05, 0.1) is 16.8 Å². The third kappa shape index (κ3) is 2.99. The van der Waals surface area contributed by atoms with Crippen LogP contribution in [0.25, 0.3) is 5.69 Å². The van der Waals surface area contributed by atoms with Crippen LogP contribution in [0, 0.1) is 0 Å². The number of nitrogens with zero attached hydrogens (tertiary/aromatic N) is 2. The zero-order valence-corrected chi connectivity index (χ0v) is 11.0. The van der Waals surface area contributed by atoms with Crippen LogP contribution < -0.4 is 29.6 Å². The van der Waals surface area contributed by atoms with Crippen LogP contribution in [0.5, 0.6) is 0 Å². The summed E-state index contributed by atoms with van der Waals surface area (Å²) in [7, 11) is 0. The summed E-state index contributed by atoms with van der Waals surface area (Å²) in [5.74, 6) is 0. The molecule has 0 bridgehead atoms. The van der Waals surface area contributed by atoms with Crippen molar-refractivity contribution < 1.29 is 38.3 Å². The zero-order valence-electron chi connectivity index (χ0n) is 8.16. The third-order valence-corrected chi connectivity index (χ3v) is 2.37. The molecular formula is C9H7N2NaO2S. The van der Waals surface area contributed by atoms with E-state index in [0.29, 0.717) is 0 Å². The van der Waals surface area contributed by atoms with E-state index < -0.39 is 11.1 Å². The van der Waals surface area contributed by atoms with Gasteiger partial charge in [0, 0.05) is 6.20 Å². The summed E-state index contributed by atoms with van der Waals surface area (Å²) in [5, 5.41) is 3.93. The van der Waals surface area contributed by atoms with E-state index in [9.17, 15) is 8.76 Å². The van der Waals surface area contributed by atoms with E-state index in [-0.39, 0.29) is 34.5 Å². The molecule has 4 nitrogen and oxygen atoms in total. The van der Waals surface area contributed by atoms with Gasteiger partial charge in [0.15, 0.2) is 0 Å². The predicted octanol–water partition coefficient (Wildman–Crippen LogP) is -1.89. The second kappa shape index (κ2) is 5.58. The number of para-hydroxylation sites is 1. The minimum Gasteiger partial charge on any atom is -0.768 e. The first-order valence-corrected chi connectivity index (χ1v) is 5.04. The first-order chi connectivity index (χ1) is 6.77. The van der Waals surface area contributed by atoms with Crippen LogP contribution in [0.3, 0.4) is 0 Å². The standard InChI is InChI=1S/C9H8N2O2S.Na/c12-14(13)9-6-10-11(7-9)8-4-2-1-3-5-8;/h1-7H,(H,12,13);/q;+1/p-1. The van der Waals surface area contributed by atoms with Gasteiger partial charge in [-0.25, -0.2) is 4.68 Å². The molecule has 1 aromatic heterocycles. The van der Waals surface area contributed by atoms with Crippen molar-refractivity contribution in [3.63, 3.8) is 0 Å². The Morgan fingerprint density at radius 1 is 1.27 bits per heavy atom. The molecule has 1 heterocycles. The molecule has 0 amide bonds. The normalized spacial score (nSPS) is 11.8. The number of hydrogen-bond donors (Lipinski definition) is 0. The average Bonchev–Trinajstić information content (AvgIpc) is 2.68. The van der Waals surface area contributed by atoms with Crippen LogP contribution in [0.4, 0.5) is 0 Å². The summed E-state index contributed by atoms with van der Waals surface area (Å²) in [6.07, 6.45) is 2.79. The Morgan fingerprint density at radius 2 is 1.93 bits per heavy atom. The van der Waals surface area contributed by atoms with E-state index in [4.69, 9.17) is 0 Å². The molecule has 1 aromatic carbocycles. The van der Waals surface area contributed by atoms with Crippen molar-refractivity contribution in [2.24, 2.45) is 0 Å². The molecule has 0 radical (unpaired) electrons. The van der Waals surface area contributed by atoms with Gasteiger partial charge in [0.25, 0.3) is 0 Å². The van der Waals surface area contributed by atoms with Crippen molar-refractivity contribution in [3.8, 4) is 5.69 Å². The monoisotopic (exact) mass is 230 g/mol. The molecule has 0 saturated carbocycles. The van der Waals surface area contributed by atoms with Crippen molar-refractivity contribution >= 4 is 11.1 Å². The van der Waals surface area contributed by atoms with Crippen molar-refractivity contribution in [3.05, 3.63) is 42.7 Å². The number of benzene rings is 1. The largest absolute Gasteiger partial charge is 1.00 e. The molecule has 0 N–H and O–H groups in total. The minimum atomic E-state index is -2.22. The van der Waals surface area contributed by atoms with Gasteiger partial charge in [-0.05, 0) is 23.2 Å². The predicted molar refractivity (Wildman–Crippen MR) is 50.7 cm³/mol. The third-order valence-electron chi connectivity index (χ3n) is 1.77. The van der Waals surface area contributed by atoms with E-state index in [2.05, 4.69) is 5.10 Å². The number of aromatic nitrogens is 2. The van der Waals surface area contributed by atoms with E-state index in [1.807, 2.05) is 30.3 Å². The van der Waals surface area contributed by atoms with Gasteiger partial charge in [0.1, 0.15) is 0 Å². The smallest absolute Gasteiger partial charge is 0.768 e. The maximum Gasteiger partial charge on any atom is 1.00 e. The number of rotatable bonds is 2. The Labute approximate surface area is 112 Å². The topological polar surface area (TPSA) is 57.9 Å². The fraction of sp³-hybridized carbons (Fsp3) is 0. The maximum atomic E-state index is 10.6. The molecule has 15 heavy (non-hydrogen) atoms. The quantitative estimate of drug-likeness (QED) is 0.448.